The lowest BCUT2D eigenvalue weighted by atomic mass is 10.1. The molecule has 0 heterocycles. The molecule has 0 aliphatic rings. The molecule has 0 atom stereocenters. The van der Waals surface area contributed by atoms with Gasteiger partial charge in [0.1, 0.15) is 0 Å². The monoisotopic (exact) mass is 398 g/mol. The van der Waals surface area contributed by atoms with E-state index < -0.39 is 0 Å². The Balaban J connectivity index is 3.10. The molecule has 170 valence electrons. The molecule has 0 saturated carbocycles. The quantitative estimate of drug-likeness (QED) is 0.243. The molecule has 0 amide bonds. The molecule has 0 aromatic carbocycles. The van der Waals surface area contributed by atoms with E-state index in [1.54, 1.807) is 0 Å². The molecule has 0 aliphatic heterocycles. The zero-order valence-corrected chi connectivity index (χ0v) is 20.0. The van der Waals surface area contributed by atoms with Crippen molar-refractivity contribution in [3.05, 3.63) is 0 Å². The third kappa shape index (κ3) is 19.2. The van der Waals surface area contributed by atoms with Gasteiger partial charge in [0.25, 0.3) is 0 Å². The van der Waals surface area contributed by atoms with E-state index in [0.29, 0.717) is 0 Å². The van der Waals surface area contributed by atoms with Gasteiger partial charge in [0.15, 0.2) is 0 Å². The van der Waals surface area contributed by atoms with E-state index in [4.69, 9.17) is 0 Å². The summed E-state index contributed by atoms with van der Waals surface area (Å²) in [6, 6.07) is 0. The maximum atomic E-state index is 3.61. The molecule has 0 fully saturated rings. The van der Waals surface area contributed by atoms with Crippen molar-refractivity contribution in [2.75, 3.05) is 65.4 Å². The minimum absolute atomic E-state index is 1.18. The van der Waals surface area contributed by atoms with Gasteiger partial charge in [-0.1, -0.05) is 66.2 Å². The fourth-order valence-corrected chi connectivity index (χ4v) is 3.75. The summed E-state index contributed by atoms with van der Waals surface area (Å²) in [6.45, 7) is 21.0. The van der Waals surface area contributed by atoms with Crippen LogP contribution in [0.25, 0.3) is 0 Å². The van der Waals surface area contributed by atoms with Crippen LogP contribution >= 0.6 is 0 Å². The van der Waals surface area contributed by atoms with Crippen molar-refractivity contribution >= 4 is 0 Å². The summed E-state index contributed by atoms with van der Waals surface area (Å²) in [5.41, 5.74) is 0. The van der Waals surface area contributed by atoms with Crippen LogP contribution in [0.4, 0.5) is 0 Å². The lowest BCUT2D eigenvalue weighted by Gasteiger charge is -2.17. The number of nitrogens with zero attached hydrogens (tertiary/aromatic N) is 2. The van der Waals surface area contributed by atoms with Crippen molar-refractivity contribution in [2.24, 2.45) is 0 Å². The minimum atomic E-state index is 1.18. The fourth-order valence-electron chi connectivity index (χ4n) is 3.75. The second-order valence-corrected chi connectivity index (χ2v) is 8.09. The van der Waals surface area contributed by atoms with Gasteiger partial charge >= 0.3 is 0 Å². The Morgan fingerprint density at radius 1 is 0.393 bits per heavy atom. The highest BCUT2D eigenvalue weighted by Crippen LogP contribution is 2.08. The Hall–Kier alpha value is -0.160. The Kier molecular flexibility index (Phi) is 23.0. The van der Waals surface area contributed by atoms with Crippen LogP contribution in [0, 0.1) is 0 Å². The second kappa shape index (κ2) is 23.1. The van der Waals surface area contributed by atoms with Crippen molar-refractivity contribution in [1.82, 2.24) is 20.4 Å². The van der Waals surface area contributed by atoms with Crippen LogP contribution < -0.4 is 10.6 Å². The number of hydrogen-bond acceptors (Lipinski definition) is 4. The Bertz CT molecular complexity index is 250. The van der Waals surface area contributed by atoms with Crippen LogP contribution in [0.5, 0.6) is 0 Å². The van der Waals surface area contributed by atoms with Crippen LogP contribution in [-0.2, 0) is 0 Å². The molecule has 2 N–H and O–H groups in total. The lowest BCUT2D eigenvalue weighted by molar-refractivity contribution is 0.298. The average molecular weight is 399 g/mol. The van der Waals surface area contributed by atoms with E-state index in [1.807, 2.05) is 0 Å². The third-order valence-electron chi connectivity index (χ3n) is 5.90. The van der Waals surface area contributed by atoms with E-state index in [0.717, 1.165) is 0 Å². The maximum absolute atomic E-state index is 3.61. The number of unbranched alkanes of at least 4 members (excludes halogenated alkanes) is 7. The summed E-state index contributed by atoms with van der Waals surface area (Å²) in [5, 5.41) is 7.21. The topological polar surface area (TPSA) is 30.5 Å². The first-order valence-corrected chi connectivity index (χ1v) is 12.6. The smallest absolute Gasteiger partial charge is 0.000687 e. The molecule has 4 nitrogen and oxygen atoms in total. The molecule has 0 aliphatic carbocycles. The van der Waals surface area contributed by atoms with Crippen molar-refractivity contribution < 1.29 is 0 Å². The molecule has 0 bridgehead atoms. The summed E-state index contributed by atoms with van der Waals surface area (Å²) in [4.78, 5) is 5.01. The summed E-state index contributed by atoms with van der Waals surface area (Å²) < 4.78 is 0. The maximum Gasteiger partial charge on any atom is -0.000687 e. The van der Waals surface area contributed by atoms with E-state index in [9.17, 15) is 0 Å². The highest BCUT2D eigenvalue weighted by atomic mass is 15.1. The molecular weight excluding hydrogens is 344 g/mol. The van der Waals surface area contributed by atoms with Gasteiger partial charge in [-0.25, -0.2) is 0 Å². The largest absolute Gasteiger partial charge is 0.317 e. The minimum Gasteiger partial charge on any atom is -0.317 e. The Morgan fingerprint density at radius 2 is 0.679 bits per heavy atom. The first-order chi connectivity index (χ1) is 13.8. The van der Waals surface area contributed by atoms with Crippen LogP contribution in [0.15, 0.2) is 0 Å². The predicted molar refractivity (Wildman–Crippen MR) is 127 cm³/mol. The standard InChI is InChI=1S/C24H54N4/c1-5-27(6-2)23-17-21-25-19-15-13-11-9-10-12-14-16-20-26-22-18-24-28(7-3)8-4/h25-26H,5-24H2,1-4H3. The van der Waals surface area contributed by atoms with E-state index in [-0.39, 0.29) is 0 Å². The predicted octanol–water partition coefficient (Wildman–Crippen LogP) is 4.75. The van der Waals surface area contributed by atoms with Crippen molar-refractivity contribution in [2.45, 2.75) is 91.9 Å². The van der Waals surface area contributed by atoms with Gasteiger partial charge < -0.3 is 20.4 Å². The van der Waals surface area contributed by atoms with Crippen LogP contribution in [0.1, 0.15) is 91.9 Å². The zero-order valence-electron chi connectivity index (χ0n) is 20.0. The lowest BCUT2D eigenvalue weighted by Crippen LogP contribution is -2.27. The SMILES string of the molecule is CCN(CC)CCCNCCCCCCCCCCNCCCN(CC)CC. The summed E-state index contributed by atoms with van der Waals surface area (Å²) >= 11 is 0. The van der Waals surface area contributed by atoms with Gasteiger partial charge in [-0.15, -0.1) is 0 Å². The summed E-state index contributed by atoms with van der Waals surface area (Å²) in [6.07, 6.45) is 13.8. The van der Waals surface area contributed by atoms with E-state index in [1.165, 1.54) is 130 Å². The molecule has 28 heavy (non-hydrogen) atoms. The van der Waals surface area contributed by atoms with E-state index in [2.05, 4.69) is 48.1 Å². The molecule has 0 saturated heterocycles. The Labute approximate surface area is 178 Å². The number of hydrogen-bond donors (Lipinski definition) is 2. The van der Waals surface area contributed by atoms with Gasteiger partial charge in [-0.3, -0.25) is 0 Å². The van der Waals surface area contributed by atoms with Crippen molar-refractivity contribution in [1.29, 1.82) is 0 Å². The van der Waals surface area contributed by atoms with Gasteiger partial charge in [0, 0.05) is 0 Å². The fraction of sp³-hybridized carbons (Fsp3) is 1.00. The first kappa shape index (κ1) is 27.8. The number of rotatable bonds is 23. The zero-order chi connectivity index (χ0) is 20.7. The molecule has 0 rings (SSSR count). The van der Waals surface area contributed by atoms with E-state index >= 15 is 0 Å². The van der Waals surface area contributed by atoms with Crippen molar-refractivity contribution in [3.8, 4) is 0 Å². The van der Waals surface area contributed by atoms with Crippen molar-refractivity contribution in [3.63, 3.8) is 0 Å². The second-order valence-electron chi connectivity index (χ2n) is 8.09. The van der Waals surface area contributed by atoms with Crippen LogP contribution in [-0.4, -0.2) is 75.2 Å². The molecular formula is C24H54N4. The van der Waals surface area contributed by atoms with Gasteiger partial charge in [0.2, 0.25) is 0 Å². The molecule has 4 heteroatoms. The number of nitrogens with one attached hydrogen (secondary N) is 2. The van der Waals surface area contributed by atoms with Crippen LogP contribution in [0.3, 0.4) is 0 Å². The average Bonchev–Trinajstić information content (AvgIpc) is 2.72. The molecule has 0 unspecified atom stereocenters. The molecule has 0 aromatic rings. The van der Waals surface area contributed by atoms with Gasteiger partial charge in [0.05, 0.1) is 0 Å². The third-order valence-corrected chi connectivity index (χ3v) is 5.90. The summed E-state index contributed by atoms with van der Waals surface area (Å²) in [5.74, 6) is 0. The van der Waals surface area contributed by atoms with Gasteiger partial charge in [-0.2, -0.15) is 0 Å². The molecule has 0 radical (unpaired) electrons. The molecule has 0 spiro atoms. The summed E-state index contributed by atoms with van der Waals surface area (Å²) in [7, 11) is 0. The van der Waals surface area contributed by atoms with Crippen LogP contribution in [0.2, 0.25) is 0 Å². The van der Waals surface area contributed by atoms with Gasteiger partial charge in [-0.05, 0) is 91.1 Å². The first-order valence-electron chi connectivity index (χ1n) is 12.6. The Morgan fingerprint density at radius 3 is 1.00 bits per heavy atom. The normalized spacial score (nSPS) is 11.8. The highest BCUT2D eigenvalue weighted by Gasteiger charge is 1.99. The highest BCUT2D eigenvalue weighted by molar-refractivity contribution is 4.57. The molecule has 0 aromatic heterocycles.